The standard InChI is InChI=1S/C18H19F4N3O3/c1-8-9(2)24-14-11(16(26)28-17(27)18(20,21)22)6-12(19)15(13(8)14)25-5-3-4-10(23)7-25/h6,10,24H,3-5,7,23H2,1-2H3/t10-/m0/s1. The predicted octanol–water partition coefficient (Wildman–Crippen LogP) is 3.10. The minimum absolute atomic E-state index is 0.116. The Morgan fingerprint density at radius 1 is 1.32 bits per heavy atom. The molecule has 0 saturated carbocycles. The van der Waals surface area contributed by atoms with Crippen LogP contribution >= 0.6 is 0 Å². The van der Waals surface area contributed by atoms with E-state index in [4.69, 9.17) is 5.73 Å². The van der Waals surface area contributed by atoms with E-state index >= 15 is 4.39 Å². The molecule has 28 heavy (non-hydrogen) atoms. The number of hydrogen-bond donors (Lipinski definition) is 2. The lowest BCUT2D eigenvalue weighted by molar-refractivity contribution is -0.193. The summed E-state index contributed by atoms with van der Waals surface area (Å²) in [5.41, 5.74) is 7.10. The number of anilines is 1. The fourth-order valence-corrected chi connectivity index (χ4v) is 3.48. The van der Waals surface area contributed by atoms with Crippen molar-refractivity contribution in [2.75, 3.05) is 18.0 Å². The average Bonchev–Trinajstić information content (AvgIpc) is 2.88. The van der Waals surface area contributed by atoms with Crippen molar-refractivity contribution in [3.63, 3.8) is 0 Å². The molecule has 0 unspecified atom stereocenters. The van der Waals surface area contributed by atoms with E-state index in [-0.39, 0.29) is 17.2 Å². The normalized spacial score (nSPS) is 17.8. The molecule has 1 aliphatic heterocycles. The summed E-state index contributed by atoms with van der Waals surface area (Å²) >= 11 is 0. The third-order valence-corrected chi connectivity index (χ3v) is 4.91. The molecule has 0 amide bonds. The van der Waals surface area contributed by atoms with Crippen molar-refractivity contribution in [2.45, 2.75) is 38.9 Å². The molecule has 1 aromatic heterocycles. The zero-order valence-electron chi connectivity index (χ0n) is 15.2. The number of carbonyl (C=O) groups excluding carboxylic acids is 2. The molecule has 1 aromatic carbocycles. The lowest BCUT2D eigenvalue weighted by Gasteiger charge is -2.33. The van der Waals surface area contributed by atoms with Crippen molar-refractivity contribution >= 4 is 28.5 Å². The van der Waals surface area contributed by atoms with Crippen molar-refractivity contribution in [1.82, 2.24) is 4.98 Å². The molecule has 3 rings (SSSR count). The number of hydrogen-bond acceptors (Lipinski definition) is 5. The number of aryl methyl sites for hydroxylation is 2. The van der Waals surface area contributed by atoms with Gasteiger partial charge in [0.2, 0.25) is 0 Å². The first-order valence-electron chi connectivity index (χ1n) is 8.66. The maximum absolute atomic E-state index is 15.0. The van der Waals surface area contributed by atoms with Gasteiger partial charge in [0.1, 0.15) is 5.82 Å². The molecule has 0 bridgehead atoms. The first-order valence-corrected chi connectivity index (χ1v) is 8.66. The molecule has 10 heteroatoms. The van der Waals surface area contributed by atoms with Gasteiger partial charge in [-0.25, -0.2) is 14.0 Å². The SMILES string of the molecule is Cc1[nH]c2c(C(=O)OC(=O)C(F)(F)F)cc(F)c(N3CCC[C@H](N)C3)c2c1C. The number of ether oxygens (including phenoxy) is 1. The Morgan fingerprint density at radius 3 is 2.61 bits per heavy atom. The van der Waals surface area contributed by atoms with E-state index in [0.717, 1.165) is 18.9 Å². The van der Waals surface area contributed by atoms with Crippen molar-refractivity contribution in [2.24, 2.45) is 5.73 Å². The molecule has 1 fully saturated rings. The quantitative estimate of drug-likeness (QED) is 0.459. The first kappa shape index (κ1) is 20.1. The highest BCUT2D eigenvalue weighted by atomic mass is 19.4. The number of nitrogens with one attached hydrogen (secondary N) is 1. The summed E-state index contributed by atoms with van der Waals surface area (Å²) in [5, 5.41) is 0.359. The zero-order valence-corrected chi connectivity index (χ0v) is 15.2. The average molecular weight is 401 g/mol. The van der Waals surface area contributed by atoms with Gasteiger partial charge in [-0.1, -0.05) is 0 Å². The number of alkyl halides is 3. The Labute approximate surface area is 157 Å². The summed E-state index contributed by atoms with van der Waals surface area (Å²) in [6, 6.07) is 0.650. The lowest BCUT2D eigenvalue weighted by atomic mass is 10.0. The minimum atomic E-state index is -5.33. The summed E-state index contributed by atoms with van der Waals surface area (Å²) in [7, 11) is 0. The van der Waals surface area contributed by atoms with Crippen molar-refractivity contribution < 1.29 is 31.9 Å². The molecule has 1 saturated heterocycles. The molecular weight excluding hydrogens is 382 g/mol. The molecule has 2 heterocycles. The minimum Gasteiger partial charge on any atom is -0.383 e. The molecule has 152 valence electrons. The fraction of sp³-hybridized carbons (Fsp3) is 0.444. The number of benzene rings is 1. The maximum Gasteiger partial charge on any atom is 0.491 e. The third kappa shape index (κ3) is 3.56. The molecule has 0 radical (unpaired) electrons. The van der Waals surface area contributed by atoms with Crippen LogP contribution in [0.25, 0.3) is 10.9 Å². The van der Waals surface area contributed by atoms with Crippen LogP contribution in [-0.2, 0) is 9.53 Å². The van der Waals surface area contributed by atoms with Gasteiger partial charge in [0.15, 0.2) is 0 Å². The fourth-order valence-electron chi connectivity index (χ4n) is 3.48. The molecule has 0 spiro atoms. The highest BCUT2D eigenvalue weighted by molar-refractivity contribution is 6.11. The van der Waals surface area contributed by atoms with Crippen molar-refractivity contribution in [3.8, 4) is 0 Å². The molecule has 1 aliphatic rings. The van der Waals surface area contributed by atoms with E-state index in [1.807, 2.05) is 0 Å². The maximum atomic E-state index is 15.0. The highest BCUT2D eigenvalue weighted by Gasteiger charge is 2.43. The molecule has 2 aromatic rings. The Kier molecular flexibility index (Phi) is 5.09. The summed E-state index contributed by atoms with van der Waals surface area (Å²) in [6.45, 7) is 4.36. The van der Waals surface area contributed by atoms with Gasteiger partial charge in [-0.05, 0) is 38.3 Å². The van der Waals surface area contributed by atoms with Crippen molar-refractivity contribution in [1.29, 1.82) is 0 Å². The number of piperidine rings is 1. The van der Waals surface area contributed by atoms with Crippen LogP contribution in [0.4, 0.5) is 23.2 Å². The monoisotopic (exact) mass is 401 g/mol. The Balaban J connectivity index is 2.12. The van der Waals surface area contributed by atoms with Gasteiger partial charge in [-0.3, -0.25) is 0 Å². The van der Waals surface area contributed by atoms with Crippen LogP contribution in [0.15, 0.2) is 6.07 Å². The van der Waals surface area contributed by atoms with Crippen LogP contribution in [0.2, 0.25) is 0 Å². The highest BCUT2D eigenvalue weighted by Crippen LogP contribution is 2.37. The number of carbonyl (C=O) groups is 2. The number of esters is 2. The Hall–Kier alpha value is -2.62. The Morgan fingerprint density at radius 2 is 2.00 bits per heavy atom. The van der Waals surface area contributed by atoms with Gasteiger partial charge in [0.25, 0.3) is 0 Å². The number of aromatic nitrogens is 1. The van der Waals surface area contributed by atoms with Gasteiger partial charge in [-0.15, -0.1) is 0 Å². The summed E-state index contributed by atoms with van der Waals surface area (Å²) in [4.78, 5) is 27.8. The number of nitrogens with two attached hydrogens (primary N) is 1. The van der Waals surface area contributed by atoms with E-state index in [9.17, 15) is 22.8 Å². The first-order chi connectivity index (χ1) is 13.0. The van der Waals surface area contributed by atoms with Crippen LogP contribution in [-0.4, -0.2) is 42.2 Å². The van der Waals surface area contributed by atoms with Crippen LogP contribution in [0.5, 0.6) is 0 Å². The largest absolute Gasteiger partial charge is 0.491 e. The van der Waals surface area contributed by atoms with E-state index in [1.54, 1.807) is 18.7 Å². The number of fused-ring (bicyclic) bond motifs is 1. The van der Waals surface area contributed by atoms with E-state index in [2.05, 4.69) is 9.72 Å². The lowest BCUT2D eigenvalue weighted by Crippen LogP contribution is -2.43. The van der Waals surface area contributed by atoms with E-state index in [0.29, 0.717) is 29.7 Å². The smallest absolute Gasteiger partial charge is 0.383 e. The van der Waals surface area contributed by atoms with E-state index in [1.165, 1.54) is 0 Å². The van der Waals surface area contributed by atoms with Gasteiger partial charge in [-0.2, -0.15) is 13.2 Å². The Bertz CT molecular complexity index is 952. The number of aromatic amines is 1. The van der Waals surface area contributed by atoms with Gasteiger partial charge < -0.3 is 20.4 Å². The molecule has 6 nitrogen and oxygen atoms in total. The zero-order chi connectivity index (χ0) is 20.8. The second kappa shape index (κ2) is 7.08. The second-order valence-electron chi connectivity index (χ2n) is 6.90. The second-order valence-corrected chi connectivity index (χ2v) is 6.90. The number of halogens is 4. The molecule has 3 N–H and O–H groups in total. The molecular formula is C18H19F4N3O3. The van der Waals surface area contributed by atoms with Crippen molar-refractivity contribution in [3.05, 3.63) is 28.7 Å². The van der Waals surface area contributed by atoms with Crippen LogP contribution in [0.1, 0.15) is 34.5 Å². The van der Waals surface area contributed by atoms with Gasteiger partial charge in [0, 0.05) is 30.2 Å². The van der Waals surface area contributed by atoms with Crippen LogP contribution in [0, 0.1) is 19.7 Å². The summed E-state index contributed by atoms with van der Waals surface area (Å²) in [6.07, 6.45) is -3.77. The van der Waals surface area contributed by atoms with E-state index < -0.39 is 29.5 Å². The topological polar surface area (TPSA) is 88.4 Å². The summed E-state index contributed by atoms with van der Waals surface area (Å²) < 4.78 is 56.1. The van der Waals surface area contributed by atoms with Gasteiger partial charge in [0.05, 0.1) is 16.8 Å². The number of nitrogens with zero attached hydrogens (tertiary/aromatic N) is 1. The molecule has 0 aliphatic carbocycles. The predicted molar refractivity (Wildman–Crippen MR) is 93.6 cm³/mol. The third-order valence-electron chi connectivity index (χ3n) is 4.91. The van der Waals surface area contributed by atoms with Crippen LogP contribution < -0.4 is 10.6 Å². The molecule has 1 atom stereocenters. The number of rotatable bonds is 2. The van der Waals surface area contributed by atoms with Crippen LogP contribution in [0.3, 0.4) is 0 Å². The number of H-pyrrole nitrogens is 1. The summed E-state index contributed by atoms with van der Waals surface area (Å²) in [5.74, 6) is -5.03. The van der Waals surface area contributed by atoms with Gasteiger partial charge >= 0.3 is 18.1 Å².